The minimum atomic E-state index is -3.68. The summed E-state index contributed by atoms with van der Waals surface area (Å²) in [5.41, 5.74) is 0.660. The summed E-state index contributed by atoms with van der Waals surface area (Å²) in [5.74, 6) is 0.397. The summed E-state index contributed by atoms with van der Waals surface area (Å²) >= 11 is 0. The normalized spacial score (nSPS) is 11.5. The molecule has 1 aromatic heterocycles. The maximum Gasteiger partial charge on any atom is 0.261 e. The van der Waals surface area contributed by atoms with Gasteiger partial charge in [0.15, 0.2) is 0 Å². The van der Waals surface area contributed by atoms with Crippen LogP contribution in [0.2, 0.25) is 0 Å². The van der Waals surface area contributed by atoms with Crippen molar-refractivity contribution in [2.24, 2.45) is 0 Å². The van der Waals surface area contributed by atoms with Crippen molar-refractivity contribution in [2.45, 2.75) is 4.90 Å². The second kappa shape index (κ2) is 3.63. The first kappa shape index (κ1) is 10.1. The summed E-state index contributed by atoms with van der Waals surface area (Å²) in [5, 5.41) is 3.61. The van der Waals surface area contributed by atoms with Crippen LogP contribution in [0.4, 0.5) is 0 Å². The van der Waals surface area contributed by atoms with Gasteiger partial charge in [-0.15, -0.1) is 0 Å². The minimum Gasteiger partial charge on any atom is -0.342 e. The Bertz CT molecular complexity index is 548. The molecule has 0 aliphatic carbocycles. The highest BCUT2D eigenvalue weighted by atomic mass is 35.7. The zero-order valence-corrected chi connectivity index (χ0v) is 8.86. The lowest BCUT2D eigenvalue weighted by molar-refractivity contribution is 0.419. The first-order valence-corrected chi connectivity index (χ1v) is 6.20. The molecule has 0 amide bonds. The van der Waals surface area contributed by atoms with Gasteiger partial charge in [0, 0.05) is 16.2 Å². The topological polar surface area (TPSA) is 73.1 Å². The Morgan fingerprint density at radius 1 is 1.20 bits per heavy atom. The van der Waals surface area contributed by atoms with Crippen molar-refractivity contribution in [3.05, 3.63) is 30.7 Å². The third kappa shape index (κ3) is 2.16. The lowest BCUT2D eigenvalue weighted by Crippen LogP contribution is -1.90. The zero-order valence-electron chi connectivity index (χ0n) is 7.29. The molecule has 0 fully saturated rings. The highest BCUT2D eigenvalue weighted by Crippen LogP contribution is 2.19. The Morgan fingerprint density at radius 3 is 2.33 bits per heavy atom. The molecule has 15 heavy (non-hydrogen) atoms. The third-order valence-electron chi connectivity index (χ3n) is 1.76. The lowest BCUT2D eigenvalue weighted by atomic mass is 10.2. The molecule has 0 unspecified atom stereocenters. The SMILES string of the molecule is O=S(=O)(Cl)c1ccc(-c2ncon2)cc1. The van der Waals surface area contributed by atoms with E-state index in [1.54, 1.807) is 12.1 Å². The molecule has 0 radical (unpaired) electrons. The molecule has 0 saturated carbocycles. The monoisotopic (exact) mass is 244 g/mol. The maximum atomic E-state index is 10.9. The van der Waals surface area contributed by atoms with Gasteiger partial charge in [-0.05, 0) is 24.3 Å². The van der Waals surface area contributed by atoms with Crippen molar-refractivity contribution in [2.75, 3.05) is 0 Å². The largest absolute Gasteiger partial charge is 0.342 e. The van der Waals surface area contributed by atoms with Crippen molar-refractivity contribution in [1.29, 1.82) is 0 Å². The number of rotatable bonds is 2. The quantitative estimate of drug-likeness (QED) is 0.752. The fraction of sp³-hybridized carbons (Fsp3) is 0. The van der Waals surface area contributed by atoms with E-state index in [2.05, 4.69) is 14.7 Å². The molecular weight excluding hydrogens is 240 g/mol. The predicted molar refractivity (Wildman–Crippen MR) is 52.8 cm³/mol. The van der Waals surface area contributed by atoms with Crippen molar-refractivity contribution < 1.29 is 12.9 Å². The molecule has 0 atom stereocenters. The average molecular weight is 245 g/mol. The molecule has 5 nitrogen and oxygen atoms in total. The Labute approximate surface area is 90.1 Å². The van der Waals surface area contributed by atoms with E-state index in [4.69, 9.17) is 10.7 Å². The second-order valence-corrected chi connectivity index (χ2v) is 5.28. The van der Waals surface area contributed by atoms with Crippen LogP contribution in [-0.2, 0) is 9.05 Å². The van der Waals surface area contributed by atoms with Gasteiger partial charge in [0.05, 0.1) is 4.90 Å². The number of hydrogen-bond acceptors (Lipinski definition) is 5. The van der Waals surface area contributed by atoms with Gasteiger partial charge >= 0.3 is 0 Å². The summed E-state index contributed by atoms with van der Waals surface area (Å²) in [4.78, 5) is 3.86. The molecule has 0 aliphatic heterocycles. The van der Waals surface area contributed by atoms with Crippen molar-refractivity contribution in [3.63, 3.8) is 0 Å². The molecule has 0 aliphatic rings. The van der Waals surface area contributed by atoms with Gasteiger partial charge in [-0.25, -0.2) is 8.42 Å². The molecule has 78 valence electrons. The van der Waals surface area contributed by atoms with Gasteiger partial charge < -0.3 is 4.52 Å². The Morgan fingerprint density at radius 2 is 1.87 bits per heavy atom. The van der Waals surface area contributed by atoms with Gasteiger partial charge in [0.2, 0.25) is 12.2 Å². The third-order valence-corrected chi connectivity index (χ3v) is 3.13. The average Bonchev–Trinajstić information content (AvgIpc) is 2.69. The Balaban J connectivity index is 2.42. The predicted octanol–water partition coefficient (Wildman–Crippen LogP) is 1.66. The van der Waals surface area contributed by atoms with Crippen LogP contribution in [-0.4, -0.2) is 18.6 Å². The van der Waals surface area contributed by atoms with E-state index in [9.17, 15) is 8.42 Å². The Hall–Kier alpha value is -1.40. The Kier molecular flexibility index (Phi) is 2.45. The molecule has 2 aromatic rings. The summed E-state index contributed by atoms with van der Waals surface area (Å²) in [6, 6.07) is 5.88. The van der Waals surface area contributed by atoms with Gasteiger partial charge in [0.1, 0.15) is 0 Å². The van der Waals surface area contributed by atoms with Crippen molar-refractivity contribution >= 4 is 19.7 Å². The van der Waals surface area contributed by atoms with Crippen LogP contribution in [0.3, 0.4) is 0 Å². The molecule has 7 heteroatoms. The second-order valence-electron chi connectivity index (χ2n) is 2.72. The summed E-state index contributed by atoms with van der Waals surface area (Å²) in [6.07, 6.45) is 1.20. The van der Waals surface area contributed by atoms with Gasteiger partial charge in [-0.2, -0.15) is 4.98 Å². The summed E-state index contributed by atoms with van der Waals surface area (Å²) in [6.45, 7) is 0. The highest BCUT2D eigenvalue weighted by Gasteiger charge is 2.10. The van der Waals surface area contributed by atoms with E-state index in [1.165, 1.54) is 18.5 Å². The van der Waals surface area contributed by atoms with E-state index in [0.29, 0.717) is 11.4 Å². The molecule has 2 rings (SSSR count). The van der Waals surface area contributed by atoms with Gasteiger partial charge in [-0.3, -0.25) is 0 Å². The van der Waals surface area contributed by atoms with E-state index >= 15 is 0 Å². The minimum absolute atomic E-state index is 0.0383. The molecule has 0 saturated heterocycles. The fourth-order valence-electron chi connectivity index (χ4n) is 1.06. The van der Waals surface area contributed by atoms with E-state index in [-0.39, 0.29) is 4.90 Å². The van der Waals surface area contributed by atoms with Gasteiger partial charge in [0.25, 0.3) is 9.05 Å². The van der Waals surface area contributed by atoms with Crippen molar-refractivity contribution in [1.82, 2.24) is 10.1 Å². The van der Waals surface area contributed by atoms with Gasteiger partial charge in [-0.1, -0.05) is 5.16 Å². The van der Waals surface area contributed by atoms with Crippen LogP contribution < -0.4 is 0 Å². The molecule has 1 aromatic carbocycles. The number of aromatic nitrogens is 2. The standard InChI is InChI=1S/C8H5ClN2O3S/c9-15(12,13)7-3-1-6(2-4-7)8-10-5-14-11-8/h1-5H. The van der Waals surface area contributed by atoms with Crippen LogP contribution in [0, 0.1) is 0 Å². The number of nitrogens with zero attached hydrogens (tertiary/aromatic N) is 2. The highest BCUT2D eigenvalue weighted by molar-refractivity contribution is 8.13. The number of benzene rings is 1. The van der Waals surface area contributed by atoms with E-state index in [1.807, 2.05) is 0 Å². The molecule has 1 heterocycles. The maximum absolute atomic E-state index is 10.9. The van der Waals surface area contributed by atoms with Crippen LogP contribution >= 0.6 is 10.7 Å². The zero-order chi connectivity index (χ0) is 10.9. The molecular formula is C8H5ClN2O3S. The first-order valence-electron chi connectivity index (χ1n) is 3.89. The fourth-order valence-corrected chi connectivity index (χ4v) is 1.83. The summed E-state index contributed by atoms with van der Waals surface area (Å²) in [7, 11) is 1.48. The summed E-state index contributed by atoms with van der Waals surface area (Å²) < 4.78 is 26.5. The molecule has 0 spiro atoms. The number of halogens is 1. The van der Waals surface area contributed by atoms with Crippen molar-refractivity contribution in [3.8, 4) is 11.4 Å². The number of hydrogen-bond donors (Lipinski definition) is 0. The molecule has 0 bridgehead atoms. The molecule has 0 N–H and O–H groups in total. The smallest absolute Gasteiger partial charge is 0.261 e. The first-order chi connectivity index (χ1) is 7.07. The van der Waals surface area contributed by atoms with E-state index < -0.39 is 9.05 Å². The van der Waals surface area contributed by atoms with Crippen LogP contribution in [0.1, 0.15) is 0 Å². The lowest BCUT2D eigenvalue weighted by Gasteiger charge is -1.96. The van der Waals surface area contributed by atoms with Crippen LogP contribution in [0.25, 0.3) is 11.4 Å². The van der Waals surface area contributed by atoms with E-state index in [0.717, 1.165) is 0 Å². The van der Waals surface area contributed by atoms with Crippen LogP contribution in [0.5, 0.6) is 0 Å². The van der Waals surface area contributed by atoms with Crippen LogP contribution in [0.15, 0.2) is 40.1 Å².